The first kappa shape index (κ1) is 7.14. The zero-order valence-corrected chi connectivity index (χ0v) is 5.88. The van der Waals surface area contributed by atoms with Crippen molar-refractivity contribution in [1.29, 1.82) is 0 Å². The highest BCUT2D eigenvalue weighted by molar-refractivity contribution is 6.08. The summed E-state index contributed by atoms with van der Waals surface area (Å²) in [7, 11) is 5.45. The Morgan fingerprint density at radius 2 is 2.22 bits per heavy atom. The molecule has 0 spiro atoms. The molecule has 0 aromatic carbocycles. The van der Waals surface area contributed by atoms with Crippen LogP contribution in [0.4, 0.5) is 0 Å². The first-order valence-corrected chi connectivity index (χ1v) is 3.64. The third kappa shape index (κ3) is 1.29. The highest BCUT2D eigenvalue weighted by Crippen LogP contribution is 2.33. The molecule has 0 aromatic rings. The lowest BCUT2D eigenvalue weighted by atomic mass is 9.84. The Labute approximate surface area is 57.9 Å². The van der Waals surface area contributed by atoms with Crippen LogP contribution in [-0.2, 0) is 0 Å². The van der Waals surface area contributed by atoms with Crippen LogP contribution in [-0.4, -0.2) is 19.1 Å². The minimum Gasteiger partial charge on any atom is -0.393 e. The minimum absolute atomic E-state index is 0.120. The van der Waals surface area contributed by atoms with Crippen molar-refractivity contribution in [3.63, 3.8) is 0 Å². The zero-order valence-electron chi connectivity index (χ0n) is 5.88. The van der Waals surface area contributed by atoms with Gasteiger partial charge in [0.05, 0.1) is 14.0 Å². The van der Waals surface area contributed by atoms with Gasteiger partial charge in [-0.3, -0.25) is 0 Å². The molecule has 0 aromatic heterocycles. The van der Waals surface area contributed by atoms with Crippen molar-refractivity contribution in [3.05, 3.63) is 0 Å². The molecule has 0 aliphatic heterocycles. The smallest absolute Gasteiger partial charge is 0.0658 e. The molecule has 0 bridgehead atoms. The number of aliphatic hydroxyl groups excluding tert-OH is 1. The molecule has 1 N–H and O–H groups in total. The second kappa shape index (κ2) is 2.74. The molecular formula is C7H13BO. The van der Waals surface area contributed by atoms with Gasteiger partial charge in [-0.2, -0.15) is 0 Å². The third-order valence-corrected chi connectivity index (χ3v) is 2.42. The molecule has 2 heteroatoms. The molecule has 3 atom stereocenters. The van der Waals surface area contributed by atoms with Crippen LogP contribution in [0.5, 0.6) is 0 Å². The molecule has 3 unspecified atom stereocenters. The summed E-state index contributed by atoms with van der Waals surface area (Å²) in [6, 6.07) is 0. The van der Waals surface area contributed by atoms with E-state index in [1.807, 2.05) is 0 Å². The van der Waals surface area contributed by atoms with Gasteiger partial charge < -0.3 is 5.11 Å². The van der Waals surface area contributed by atoms with E-state index in [1.165, 1.54) is 0 Å². The van der Waals surface area contributed by atoms with Crippen LogP contribution < -0.4 is 0 Å². The van der Waals surface area contributed by atoms with Crippen LogP contribution in [0.2, 0.25) is 6.32 Å². The van der Waals surface area contributed by atoms with E-state index in [0.717, 1.165) is 12.8 Å². The zero-order chi connectivity index (χ0) is 6.85. The van der Waals surface area contributed by atoms with E-state index in [4.69, 9.17) is 7.85 Å². The Balaban J connectivity index is 2.44. The van der Waals surface area contributed by atoms with Gasteiger partial charge in [-0.1, -0.05) is 13.2 Å². The maximum absolute atomic E-state index is 9.28. The fourth-order valence-electron chi connectivity index (χ4n) is 1.63. The quantitative estimate of drug-likeness (QED) is 0.516. The Kier molecular flexibility index (Phi) is 2.17. The van der Waals surface area contributed by atoms with Gasteiger partial charge in [0.25, 0.3) is 0 Å². The van der Waals surface area contributed by atoms with Crippen LogP contribution in [0.3, 0.4) is 0 Å². The van der Waals surface area contributed by atoms with Crippen molar-refractivity contribution in [1.82, 2.24) is 0 Å². The van der Waals surface area contributed by atoms with Crippen LogP contribution in [0.25, 0.3) is 0 Å². The highest BCUT2D eigenvalue weighted by Gasteiger charge is 2.29. The van der Waals surface area contributed by atoms with Gasteiger partial charge in [0, 0.05) is 0 Å². The maximum Gasteiger partial charge on any atom is 0.0658 e. The lowest BCUT2D eigenvalue weighted by Gasteiger charge is -2.15. The van der Waals surface area contributed by atoms with E-state index in [9.17, 15) is 5.11 Å². The summed E-state index contributed by atoms with van der Waals surface area (Å²) in [5.74, 6) is 0.995. The van der Waals surface area contributed by atoms with Gasteiger partial charge in [0.2, 0.25) is 0 Å². The summed E-state index contributed by atoms with van der Waals surface area (Å²) < 4.78 is 0. The Morgan fingerprint density at radius 1 is 1.56 bits per heavy atom. The largest absolute Gasteiger partial charge is 0.393 e. The lowest BCUT2D eigenvalue weighted by Crippen LogP contribution is -2.16. The molecule has 50 valence electrons. The van der Waals surface area contributed by atoms with Gasteiger partial charge in [-0.15, -0.1) is 0 Å². The summed E-state index contributed by atoms with van der Waals surface area (Å²) >= 11 is 0. The average Bonchev–Trinajstić information content (AvgIpc) is 2.12. The SMILES string of the molecule is [B]CC1C(C)CCC1O. The number of rotatable bonds is 1. The van der Waals surface area contributed by atoms with Crippen molar-refractivity contribution >= 4 is 7.85 Å². The minimum atomic E-state index is -0.120. The fraction of sp³-hybridized carbons (Fsp3) is 1.00. The van der Waals surface area contributed by atoms with Crippen molar-refractivity contribution in [2.45, 2.75) is 32.2 Å². The van der Waals surface area contributed by atoms with Crippen molar-refractivity contribution < 1.29 is 5.11 Å². The predicted molar refractivity (Wildman–Crippen MR) is 38.5 cm³/mol. The number of aliphatic hydroxyl groups is 1. The molecule has 1 fully saturated rings. The van der Waals surface area contributed by atoms with E-state index in [0.29, 0.717) is 18.2 Å². The van der Waals surface area contributed by atoms with Crippen molar-refractivity contribution in [2.75, 3.05) is 0 Å². The highest BCUT2D eigenvalue weighted by atomic mass is 16.3. The number of hydrogen-bond donors (Lipinski definition) is 1. The van der Waals surface area contributed by atoms with Crippen molar-refractivity contribution in [3.8, 4) is 0 Å². The Morgan fingerprint density at radius 3 is 2.44 bits per heavy atom. The summed E-state index contributed by atoms with van der Waals surface area (Å²) in [5.41, 5.74) is 0. The summed E-state index contributed by atoms with van der Waals surface area (Å²) in [5, 5.41) is 9.28. The van der Waals surface area contributed by atoms with E-state index in [1.54, 1.807) is 0 Å². The van der Waals surface area contributed by atoms with Gasteiger partial charge in [-0.25, -0.2) is 0 Å². The standard InChI is InChI=1S/C7H13BO/c1-5-2-3-7(9)6(5)4-8/h5-7,9H,2-4H2,1H3. The van der Waals surface area contributed by atoms with Crippen LogP contribution in [0.15, 0.2) is 0 Å². The normalized spacial score (nSPS) is 43.6. The second-order valence-corrected chi connectivity index (χ2v) is 3.02. The lowest BCUT2D eigenvalue weighted by molar-refractivity contribution is 0.130. The van der Waals surface area contributed by atoms with Crippen LogP contribution in [0.1, 0.15) is 19.8 Å². The predicted octanol–water partition coefficient (Wildman–Crippen LogP) is 0.980. The fourth-order valence-corrected chi connectivity index (χ4v) is 1.63. The Bertz CT molecular complexity index is 84.9. The van der Waals surface area contributed by atoms with E-state index in [-0.39, 0.29) is 6.10 Å². The van der Waals surface area contributed by atoms with Crippen LogP contribution in [0, 0.1) is 11.8 Å². The Hall–Kier alpha value is 0.0249. The maximum atomic E-state index is 9.28. The topological polar surface area (TPSA) is 20.2 Å². The van der Waals surface area contributed by atoms with Gasteiger partial charge in [0.1, 0.15) is 0 Å². The first-order valence-electron chi connectivity index (χ1n) is 3.64. The molecule has 1 nitrogen and oxygen atoms in total. The van der Waals surface area contributed by atoms with E-state index in [2.05, 4.69) is 6.92 Å². The third-order valence-electron chi connectivity index (χ3n) is 2.42. The molecule has 0 saturated heterocycles. The van der Waals surface area contributed by atoms with E-state index < -0.39 is 0 Å². The second-order valence-electron chi connectivity index (χ2n) is 3.02. The summed E-state index contributed by atoms with van der Waals surface area (Å²) in [6.07, 6.45) is 2.61. The van der Waals surface area contributed by atoms with E-state index >= 15 is 0 Å². The monoisotopic (exact) mass is 124 g/mol. The molecular weight excluding hydrogens is 111 g/mol. The molecule has 9 heavy (non-hydrogen) atoms. The van der Waals surface area contributed by atoms with Gasteiger partial charge in [0.15, 0.2) is 0 Å². The summed E-state index contributed by atoms with van der Waals surface area (Å²) in [6.45, 7) is 2.16. The molecule has 1 saturated carbocycles. The van der Waals surface area contributed by atoms with Crippen molar-refractivity contribution in [2.24, 2.45) is 11.8 Å². The molecule has 1 aliphatic rings. The molecule has 0 heterocycles. The summed E-state index contributed by atoms with van der Waals surface area (Å²) in [4.78, 5) is 0. The van der Waals surface area contributed by atoms with Gasteiger partial charge >= 0.3 is 0 Å². The average molecular weight is 124 g/mol. The molecule has 1 rings (SSSR count). The van der Waals surface area contributed by atoms with Gasteiger partial charge in [-0.05, 0) is 24.7 Å². The molecule has 2 radical (unpaired) electrons. The molecule has 0 amide bonds. The number of hydrogen-bond acceptors (Lipinski definition) is 1. The molecule has 1 aliphatic carbocycles. The van der Waals surface area contributed by atoms with Crippen LogP contribution >= 0.6 is 0 Å². The first-order chi connectivity index (χ1) is 4.25.